The Balaban J connectivity index is 3.13. The molecule has 0 fully saturated rings. The van der Waals surface area contributed by atoms with Crippen molar-refractivity contribution in [2.24, 2.45) is 11.3 Å². The third-order valence-corrected chi connectivity index (χ3v) is 3.47. The van der Waals surface area contributed by atoms with Crippen molar-refractivity contribution in [1.82, 2.24) is 0 Å². The van der Waals surface area contributed by atoms with E-state index in [1.807, 2.05) is 26.8 Å². The maximum atomic E-state index is 12.9. The Morgan fingerprint density at radius 3 is 2.42 bits per heavy atom. The number of aliphatic hydroxyl groups excluding tert-OH is 1. The molecule has 1 nitrogen and oxygen atoms in total. The van der Waals surface area contributed by atoms with E-state index in [9.17, 15) is 18.3 Å². The number of alkyl halides is 3. The molecule has 0 radical (unpaired) electrons. The van der Waals surface area contributed by atoms with Gasteiger partial charge in [-0.05, 0) is 37.3 Å². The van der Waals surface area contributed by atoms with Gasteiger partial charge in [0.15, 0.2) is 0 Å². The van der Waals surface area contributed by atoms with Crippen LogP contribution in [-0.2, 0) is 0 Å². The fraction of sp³-hybridized carbons (Fsp3) is 0.600. The molecule has 1 aliphatic rings. The largest absolute Gasteiger partial charge is 0.508 e. The van der Waals surface area contributed by atoms with Gasteiger partial charge in [0, 0.05) is 5.57 Å². The predicted octanol–water partition coefficient (Wildman–Crippen LogP) is 5.32. The Morgan fingerprint density at radius 2 is 2.05 bits per heavy atom. The molecule has 0 bridgehead atoms. The minimum absolute atomic E-state index is 0.135. The maximum Gasteiger partial charge on any atom is 0.398 e. The van der Waals surface area contributed by atoms with Gasteiger partial charge in [-0.1, -0.05) is 32.9 Å². The van der Waals surface area contributed by atoms with E-state index >= 15 is 0 Å². The molecular weight excluding hydrogens is 253 g/mol. The summed E-state index contributed by atoms with van der Waals surface area (Å²) in [5.41, 5.74) is -0.534. The summed E-state index contributed by atoms with van der Waals surface area (Å²) in [6, 6.07) is 0. The highest BCUT2D eigenvalue weighted by Crippen LogP contribution is 2.47. The molecule has 0 aromatic rings. The molecule has 0 saturated carbocycles. The lowest BCUT2D eigenvalue weighted by molar-refractivity contribution is -0.199. The lowest BCUT2D eigenvalue weighted by Gasteiger charge is -2.32. The van der Waals surface area contributed by atoms with Gasteiger partial charge in [0.2, 0.25) is 0 Å². The summed E-state index contributed by atoms with van der Waals surface area (Å²) in [5.74, 6) is -0.100. The number of hydrogen-bond donors (Lipinski definition) is 1. The van der Waals surface area contributed by atoms with Crippen LogP contribution in [-0.4, -0.2) is 11.3 Å². The van der Waals surface area contributed by atoms with Crippen molar-refractivity contribution in [2.45, 2.75) is 46.7 Å². The zero-order valence-electron chi connectivity index (χ0n) is 11.8. The summed E-state index contributed by atoms with van der Waals surface area (Å²) in [5, 5.41) is 9.97. The normalized spacial score (nSPS) is 25.4. The molecule has 0 aliphatic heterocycles. The summed E-state index contributed by atoms with van der Waals surface area (Å²) in [4.78, 5) is 0. The lowest BCUT2D eigenvalue weighted by atomic mass is 9.78. The highest BCUT2D eigenvalue weighted by molar-refractivity contribution is 5.47. The van der Waals surface area contributed by atoms with Crippen LogP contribution in [0.25, 0.3) is 0 Å². The van der Waals surface area contributed by atoms with E-state index in [2.05, 4.69) is 0 Å². The maximum absolute atomic E-state index is 12.9. The predicted molar refractivity (Wildman–Crippen MR) is 70.8 cm³/mol. The monoisotopic (exact) mass is 274 g/mol. The van der Waals surface area contributed by atoms with Crippen LogP contribution < -0.4 is 0 Å². The van der Waals surface area contributed by atoms with E-state index in [0.29, 0.717) is 5.57 Å². The number of hydrogen-bond acceptors (Lipinski definition) is 1. The average molecular weight is 274 g/mol. The second kappa shape index (κ2) is 5.43. The minimum atomic E-state index is -4.35. The van der Waals surface area contributed by atoms with Crippen LogP contribution in [0, 0.1) is 11.3 Å². The molecular formula is C15H21F3O. The Bertz CT molecular complexity index is 427. The highest BCUT2D eigenvalue weighted by Gasteiger charge is 2.50. The van der Waals surface area contributed by atoms with Gasteiger partial charge in [-0.15, -0.1) is 0 Å². The molecule has 1 unspecified atom stereocenters. The molecule has 1 rings (SSSR count). The van der Waals surface area contributed by atoms with Crippen LogP contribution in [0.1, 0.15) is 40.5 Å². The van der Waals surface area contributed by atoms with Crippen molar-refractivity contribution in [2.75, 3.05) is 0 Å². The van der Waals surface area contributed by atoms with E-state index in [-0.39, 0.29) is 18.1 Å². The molecule has 108 valence electrons. The molecule has 0 aromatic heterocycles. The summed E-state index contributed by atoms with van der Waals surface area (Å²) in [7, 11) is 0. The van der Waals surface area contributed by atoms with Gasteiger partial charge in [0.05, 0.1) is 5.41 Å². The zero-order valence-corrected chi connectivity index (χ0v) is 11.8. The van der Waals surface area contributed by atoms with E-state index < -0.39 is 11.6 Å². The Kier molecular flexibility index (Phi) is 4.54. The first-order valence-electron chi connectivity index (χ1n) is 6.52. The van der Waals surface area contributed by atoms with Crippen molar-refractivity contribution in [3.05, 3.63) is 35.1 Å². The van der Waals surface area contributed by atoms with Gasteiger partial charge in [0.25, 0.3) is 0 Å². The summed E-state index contributed by atoms with van der Waals surface area (Å²) >= 11 is 0. The molecule has 1 N–H and O–H groups in total. The fourth-order valence-corrected chi connectivity index (χ4v) is 2.20. The van der Waals surface area contributed by atoms with Gasteiger partial charge in [0.1, 0.15) is 5.76 Å². The molecule has 0 amide bonds. The molecule has 1 aliphatic carbocycles. The van der Waals surface area contributed by atoms with Gasteiger partial charge >= 0.3 is 6.18 Å². The molecule has 19 heavy (non-hydrogen) atoms. The third kappa shape index (κ3) is 3.23. The van der Waals surface area contributed by atoms with Crippen LogP contribution in [0.5, 0.6) is 0 Å². The standard InChI is InChI=1S/C15H21F3O/c1-5-6-11(10(2)3)12-7-8-14(4,9-13(12)19)15(16,17)18/h6-7,9-10,19H,5,8H2,1-4H3/b11-6-. The Hall–Kier alpha value is -1.19. The molecule has 0 heterocycles. The van der Waals surface area contributed by atoms with Crippen molar-refractivity contribution >= 4 is 0 Å². The third-order valence-electron chi connectivity index (χ3n) is 3.47. The van der Waals surface area contributed by atoms with Gasteiger partial charge < -0.3 is 5.11 Å². The Labute approximate surface area is 112 Å². The van der Waals surface area contributed by atoms with E-state index in [4.69, 9.17) is 0 Å². The quantitative estimate of drug-likeness (QED) is 0.738. The number of halogens is 3. The fourth-order valence-electron chi connectivity index (χ4n) is 2.20. The number of aliphatic hydroxyl groups is 1. The first-order chi connectivity index (χ1) is 8.62. The average Bonchev–Trinajstić information content (AvgIpc) is 2.25. The van der Waals surface area contributed by atoms with E-state index in [0.717, 1.165) is 25.0 Å². The SMILES string of the molecule is CC/C=C(\C1=CCC(C)(C(F)(F)F)C=C1O)C(C)C. The first kappa shape index (κ1) is 15.9. The van der Waals surface area contributed by atoms with Crippen LogP contribution in [0.4, 0.5) is 13.2 Å². The second-order valence-corrected chi connectivity index (χ2v) is 5.49. The topological polar surface area (TPSA) is 20.2 Å². The number of allylic oxidation sites excluding steroid dienone is 4. The molecule has 0 saturated heterocycles. The minimum Gasteiger partial charge on any atom is -0.508 e. The molecule has 0 aromatic carbocycles. The van der Waals surface area contributed by atoms with Crippen LogP contribution in [0.15, 0.2) is 35.1 Å². The lowest BCUT2D eigenvalue weighted by Crippen LogP contribution is -2.35. The molecule has 1 atom stereocenters. The van der Waals surface area contributed by atoms with Crippen molar-refractivity contribution < 1.29 is 18.3 Å². The van der Waals surface area contributed by atoms with Crippen LogP contribution in [0.2, 0.25) is 0 Å². The van der Waals surface area contributed by atoms with Gasteiger partial charge in [-0.25, -0.2) is 0 Å². The number of rotatable bonds is 3. The van der Waals surface area contributed by atoms with E-state index in [1.54, 1.807) is 0 Å². The summed E-state index contributed by atoms with van der Waals surface area (Å²) in [6.07, 6.45) is 0.698. The smallest absolute Gasteiger partial charge is 0.398 e. The van der Waals surface area contributed by atoms with Crippen LogP contribution in [0.3, 0.4) is 0 Å². The molecule has 0 spiro atoms. The molecule has 4 heteroatoms. The van der Waals surface area contributed by atoms with E-state index in [1.165, 1.54) is 6.08 Å². The highest BCUT2D eigenvalue weighted by atomic mass is 19.4. The van der Waals surface area contributed by atoms with Crippen molar-refractivity contribution in [3.63, 3.8) is 0 Å². The summed E-state index contributed by atoms with van der Waals surface area (Å²) < 4.78 is 38.8. The van der Waals surface area contributed by atoms with Crippen LogP contribution >= 0.6 is 0 Å². The van der Waals surface area contributed by atoms with Crippen molar-refractivity contribution in [3.8, 4) is 0 Å². The zero-order chi connectivity index (χ0) is 14.8. The first-order valence-corrected chi connectivity index (χ1v) is 6.52. The summed E-state index contributed by atoms with van der Waals surface area (Å²) in [6.45, 7) is 7.00. The van der Waals surface area contributed by atoms with Gasteiger partial charge in [-0.2, -0.15) is 13.2 Å². The van der Waals surface area contributed by atoms with Crippen molar-refractivity contribution in [1.29, 1.82) is 0 Å². The second-order valence-electron chi connectivity index (χ2n) is 5.49. The Morgan fingerprint density at radius 1 is 1.47 bits per heavy atom. The van der Waals surface area contributed by atoms with Gasteiger partial charge in [-0.3, -0.25) is 0 Å².